The first-order valence-corrected chi connectivity index (χ1v) is 7.49. The molecule has 0 aliphatic heterocycles. The number of nitrogens with zero attached hydrogens (tertiary/aromatic N) is 1. The SMILES string of the molecule is CCSc1cccc(N(CCO)C(C)C)c1C(=N)N. The molecule has 0 aromatic heterocycles. The van der Waals surface area contributed by atoms with Gasteiger partial charge in [0.05, 0.1) is 12.2 Å². The Hall–Kier alpha value is -1.20. The van der Waals surface area contributed by atoms with Crippen molar-refractivity contribution < 1.29 is 5.11 Å². The van der Waals surface area contributed by atoms with Gasteiger partial charge in [-0.15, -0.1) is 11.8 Å². The zero-order valence-electron chi connectivity index (χ0n) is 11.8. The van der Waals surface area contributed by atoms with Crippen LogP contribution in [0.3, 0.4) is 0 Å². The second-order valence-corrected chi connectivity index (χ2v) is 5.81. The Morgan fingerprint density at radius 3 is 2.63 bits per heavy atom. The number of nitrogens with two attached hydrogens (primary N) is 1. The van der Waals surface area contributed by atoms with Crippen molar-refractivity contribution in [1.29, 1.82) is 5.41 Å². The largest absolute Gasteiger partial charge is 0.395 e. The van der Waals surface area contributed by atoms with Gasteiger partial charge in [0, 0.05) is 23.2 Å². The van der Waals surface area contributed by atoms with Crippen molar-refractivity contribution in [2.24, 2.45) is 5.73 Å². The Bertz CT molecular complexity index is 435. The summed E-state index contributed by atoms with van der Waals surface area (Å²) in [6, 6.07) is 6.18. The quantitative estimate of drug-likeness (QED) is 0.407. The lowest BCUT2D eigenvalue weighted by molar-refractivity contribution is 0.299. The van der Waals surface area contributed by atoms with Crippen LogP contribution in [0.2, 0.25) is 0 Å². The number of benzene rings is 1. The Morgan fingerprint density at radius 2 is 2.16 bits per heavy atom. The number of thioether (sulfide) groups is 1. The molecule has 0 unspecified atom stereocenters. The summed E-state index contributed by atoms with van der Waals surface area (Å²) in [4.78, 5) is 3.10. The molecule has 0 heterocycles. The van der Waals surface area contributed by atoms with E-state index in [-0.39, 0.29) is 18.5 Å². The fourth-order valence-corrected chi connectivity index (χ4v) is 2.91. The van der Waals surface area contributed by atoms with Crippen molar-refractivity contribution in [1.82, 2.24) is 0 Å². The third kappa shape index (κ3) is 3.88. The summed E-state index contributed by atoms with van der Waals surface area (Å²) in [6.45, 7) is 6.84. The molecule has 0 aliphatic carbocycles. The summed E-state index contributed by atoms with van der Waals surface area (Å²) in [6.07, 6.45) is 0. The average Bonchev–Trinajstić information content (AvgIpc) is 2.35. The topological polar surface area (TPSA) is 73.3 Å². The van der Waals surface area contributed by atoms with Crippen LogP contribution < -0.4 is 10.6 Å². The molecule has 106 valence electrons. The number of rotatable bonds is 7. The van der Waals surface area contributed by atoms with Gasteiger partial charge in [0.25, 0.3) is 0 Å². The first-order valence-electron chi connectivity index (χ1n) is 6.50. The van der Waals surface area contributed by atoms with E-state index in [1.165, 1.54) is 0 Å². The van der Waals surface area contributed by atoms with Crippen LogP contribution in [-0.4, -0.2) is 35.9 Å². The minimum atomic E-state index is 0.0788. The van der Waals surface area contributed by atoms with Gasteiger partial charge in [-0.2, -0.15) is 0 Å². The number of amidine groups is 1. The molecule has 0 aliphatic rings. The molecule has 0 saturated carbocycles. The molecule has 5 heteroatoms. The third-order valence-corrected chi connectivity index (χ3v) is 3.79. The van der Waals surface area contributed by atoms with Gasteiger partial charge in [-0.05, 0) is 31.7 Å². The van der Waals surface area contributed by atoms with E-state index in [1.54, 1.807) is 11.8 Å². The maximum atomic E-state index is 9.22. The maximum absolute atomic E-state index is 9.22. The van der Waals surface area contributed by atoms with Crippen molar-refractivity contribution in [3.05, 3.63) is 23.8 Å². The highest BCUT2D eigenvalue weighted by atomic mass is 32.2. The van der Waals surface area contributed by atoms with E-state index >= 15 is 0 Å². The first-order chi connectivity index (χ1) is 9.02. The number of hydrogen-bond acceptors (Lipinski definition) is 4. The van der Waals surface area contributed by atoms with Gasteiger partial charge in [0.2, 0.25) is 0 Å². The van der Waals surface area contributed by atoms with Crippen LogP contribution in [-0.2, 0) is 0 Å². The second kappa shape index (κ2) is 7.40. The number of nitrogen functional groups attached to an aromatic ring is 1. The number of hydrogen-bond donors (Lipinski definition) is 3. The summed E-state index contributed by atoms with van der Waals surface area (Å²) in [5.74, 6) is 1.01. The van der Waals surface area contributed by atoms with Crippen LogP contribution in [0.1, 0.15) is 26.3 Å². The van der Waals surface area contributed by atoms with Crippen LogP contribution in [0.5, 0.6) is 0 Å². The van der Waals surface area contributed by atoms with Crippen molar-refractivity contribution in [3.63, 3.8) is 0 Å². The highest BCUT2D eigenvalue weighted by molar-refractivity contribution is 7.99. The standard InChI is InChI=1S/C14H23N3OS/c1-4-19-12-7-5-6-11(13(12)14(15)16)17(8-9-18)10(2)3/h5-7,10,18H,4,8-9H2,1-3H3,(H3,15,16). The third-order valence-electron chi connectivity index (χ3n) is 2.85. The fourth-order valence-electron chi connectivity index (χ4n) is 2.07. The van der Waals surface area contributed by atoms with Crippen LogP contribution >= 0.6 is 11.8 Å². The molecule has 0 atom stereocenters. The summed E-state index contributed by atoms with van der Waals surface area (Å²) in [7, 11) is 0. The summed E-state index contributed by atoms with van der Waals surface area (Å²) in [5, 5.41) is 17.1. The van der Waals surface area contributed by atoms with E-state index in [0.29, 0.717) is 6.54 Å². The van der Waals surface area contributed by atoms with Gasteiger partial charge in [-0.1, -0.05) is 13.0 Å². The Labute approximate surface area is 119 Å². The summed E-state index contributed by atoms with van der Waals surface area (Å²) < 4.78 is 0. The predicted octanol–water partition coefficient (Wildman–Crippen LogP) is 2.29. The van der Waals surface area contributed by atoms with E-state index in [9.17, 15) is 5.11 Å². The number of aliphatic hydroxyl groups excluding tert-OH is 1. The normalized spacial score (nSPS) is 10.8. The Balaban J connectivity index is 3.31. The molecule has 0 radical (unpaired) electrons. The van der Waals surface area contributed by atoms with Crippen molar-refractivity contribution in [2.75, 3.05) is 23.8 Å². The van der Waals surface area contributed by atoms with E-state index in [1.807, 2.05) is 18.2 Å². The van der Waals surface area contributed by atoms with Crippen molar-refractivity contribution in [3.8, 4) is 0 Å². The van der Waals surface area contributed by atoms with Crippen LogP contribution in [0.4, 0.5) is 5.69 Å². The van der Waals surface area contributed by atoms with Crippen molar-refractivity contribution in [2.45, 2.75) is 31.7 Å². The van der Waals surface area contributed by atoms with Gasteiger partial charge in [-0.3, -0.25) is 5.41 Å². The zero-order chi connectivity index (χ0) is 14.4. The molecule has 1 aromatic carbocycles. The Kier molecular flexibility index (Phi) is 6.18. The average molecular weight is 281 g/mol. The molecule has 1 aromatic rings. The van der Waals surface area contributed by atoms with Gasteiger partial charge < -0.3 is 15.7 Å². The fraction of sp³-hybridized carbons (Fsp3) is 0.500. The first kappa shape index (κ1) is 15.9. The van der Waals surface area contributed by atoms with E-state index in [2.05, 4.69) is 25.7 Å². The highest BCUT2D eigenvalue weighted by Crippen LogP contribution is 2.31. The van der Waals surface area contributed by atoms with Gasteiger partial charge in [0.15, 0.2) is 0 Å². The second-order valence-electron chi connectivity index (χ2n) is 4.51. The maximum Gasteiger partial charge on any atom is 0.126 e. The zero-order valence-corrected chi connectivity index (χ0v) is 12.6. The predicted molar refractivity (Wildman–Crippen MR) is 83.4 cm³/mol. The smallest absolute Gasteiger partial charge is 0.126 e. The molecule has 0 fully saturated rings. The van der Waals surface area contributed by atoms with Crippen molar-refractivity contribution >= 4 is 23.3 Å². The van der Waals surface area contributed by atoms with Crippen LogP contribution in [0.25, 0.3) is 0 Å². The molecule has 0 amide bonds. The molecular weight excluding hydrogens is 258 g/mol. The lowest BCUT2D eigenvalue weighted by Crippen LogP contribution is -2.35. The molecule has 0 saturated heterocycles. The lowest BCUT2D eigenvalue weighted by Gasteiger charge is -2.30. The molecule has 0 bridgehead atoms. The summed E-state index contributed by atoms with van der Waals surface area (Å²) >= 11 is 1.68. The van der Waals surface area contributed by atoms with Gasteiger partial charge >= 0.3 is 0 Å². The van der Waals surface area contributed by atoms with Crippen LogP contribution in [0, 0.1) is 5.41 Å². The minimum absolute atomic E-state index is 0.0788. The molecule has 0 spiro atoms. The van der Waals surface area contributed by atoms with E-state index in [4.69, 9.17) is 11.1 Å². The minimum Gasteiger partial charge on any atom is -0.395 e. The number of anilines is 1. The van der Waals surface area contributed by atoms with E-state index in [0.717, 1.165) is 21.9 Å². The van der Waals surface area contributed by atoms with Crippen LogP contribution in [0.15, 0.2) is 23.1 Å². The molecule has 19 heavy (non-hydrogen) atoms. The lowest BCUT2D eigenvalue weighted by atomic mass is 10.1. The number of aliphatic hydroxyl groups is 1. The Morgan fingerprint density at radius 1 is 1.47 bits per heavy atom. The molecule has 4 N–H and O–H groups in total. The number of nitrogens with one attached hydrogen (secondary N) is 1. The molecular formula is C14H23N3OS. The monoisotopic (exact) mass is 281 g/mol. The van der Waals surface area contributed by atoms with Gasteiger partial charge in [-0.25, -0.2) is 0 Å². The molecule has 1 rings (SSSR count). The van der Waals surface area contributed by atoms with Gasteiger partial charge in [0.1, 0.15) is 5.84 Å². The highest BCUT2D eigenvalue weighted by Gasteiger charge is 2.18. The molecule has 4 nitrogen and oxygen atoms in total. The van der Waals surface area contributed by atoms with E-state index < -0.39 is 0 Å². The summed E-state index contributed by atoms with van der Waals surface area (Å²) in [5.41, 5.74) is 7.46.